The number of amides is 1. The smallest absolute Gasteiger partial charge is 0.222 e. The van der Waals surface area contributed by atoms with Gasteiger partial charge in [0.15, 0.2) is 0 Å². The molecule has 0 saturated carbocycles. The number of aryl methyl sites for hydroxylation is 1. The van der Waals surface area contributed by atoms with Crippen LogP contribution in [0.25, 0.3) is 0 Å². The molecule has 1 aromatic rings. The molecule has 0 aromatic heterocycles. The Labute approximate surface area is 120 Å². The van der Waals surface area contributed by atoms with Crippen LogP contribution in [-0.2, 0) is 11.2 Å². The van der Waals surface area contributed by atoms with E-state index in [9.17, 15) is 9.90 Å². The van der Waals surface area contributed by atoms with E-state index in [2.05, 4.69) is 0 Å². The predicted octanol–water partition coefficient (Wildman–Crippen LogP) is 2.89. The van der Waals surface area contributed by atoms with Crippen molar-refractivity contribution in [2.24, 2.45) is 0 Å². The summed E-state index contributed by atoms with van der Waals surface area (Å²) < 4.78 is 0. The normalized spacial score (nSPS) is 12.2. The third-order valence-electron chi connectivity index (χ3n) is 3.08. The van der Waals surface area contributed by atoms with Gasteiger partial charge in [-0.3, -0.25) is 4.79 Å². The summed E-state index contributed by atoms with van der Waals surface area (Å²) in [6.45, 7) is 2.34. The van der Waals surface area contributed by atoms with Crippen LogP contribution in [0, 0.1) is 0 Å². The number of carbonyl (C=O) groups excluding carboxylic acids is 1. The molecule has 4 heteroatoms. The van der Waals surface area contributed by atoms with Gasteiger partial charge in [-0.05, 0) is 43.9 Å². The number of hydrogen-bond acceptors (Lipinski definition) is 2. The van der Waals surface area contributed by atoms with Gasteiger partial charge in [0.2, 0.25) is 5.91 Å². The Balaban J connectivity index is 2.24. The van der Waals surface area contributed by atoms with E-state index in [1.165, 1.54) is 5.56 Å². The highest BCUT2D eigenvalue weighted by Gasteiger charge is 2.09. The van der Waals surface area contributed by atoms with Crippen LogP contribution < -0.4 is 0 Å². The molecule has 1 aromatic carbocycles. The number of rotatable bonds is 7. The number of carbonyl (C=O) groups is 1. The summed E-state index contributed by atoms with van der Waals surface area (Å²) in [4.78, 5) is 13.5. The zero-order valence-corrected chi connectivity index (χ0v) is 12.4. The van der Waals surface area contributed by atoms with Crippen molar-refractivity contribution in [3.63, 3.8) is 0 Å². The fourth-order valence-corrected chi connectivity index (χ4v) is 1.92. The van der Waals surface area contributed by atoms with Gasteiger partial charge in [0, 0.05) is 25.0 Å². The molecule has 0 spiro atoms. The van der Waals surface area contributed by atoms with Gasteiger partial charge in [-0.15, -0.1) is 0 Å². The molecule has 1 atom stereocenters. The minimum atomic E-state index is -0.357. The van der Waals surface area contributed by atoms with Crippen molar-refractivity contribution in [2.75, 3.05) is 13.6 Å². The summed E-state index contributed by atoms with van der Waals surface area (Å²) in [5.41, 5.74) is 1.20. The van der Waals surface area contributed by atoms with E-state index in [0.717, 1.165) is 17.9 Å². The fraction of sp³-hybridized carbons (Fsp3) is 0.533. The lowest BCUT2D eigenvalue weighted by Crippen LogP contribution is -2.29. The van der Waals surface area contributed by atoms with Crippen molar-refractivity contribution in [3.05, 3.63) is 34.9 Å². The molecule has 0 saturated heterocycles. The molecule has 0 aliphatic heterocycles. The van der Waals surface area contributed by atoms with E-state index in [-0.39, 0.29) is 12.0 Å². The molecule has 0 radical (unpaired) electrons. The van der Waals surface area contributed by atoms with E-state index >= 15 is 0 Å². The van der Waals surface area contributed by atoms with Crippen LogP contribution in [-0.4, -0.2) is 35.6 Å². The summed E-state index contributed by atoms with van der Waals surface area (Å²) in [6.07, 6.45) is 2.52. The second-order valence-corrected chi connectivity index (χ2v) is 5.37. The highest BCUT2D eigenvalue weighted by Crippen LogP contribution is 2.12. The Hall–Kier alpha value is -1.06. The summed E-state index contributed by atoms with van der Waals surface area (Å²) in [7, 11) is 1.78. The molecule has 0 aliphatic carbocycles. The number of nitrogens with zero attached hydrogens (tertiary/aromatic N) is 1. The Morgan fingerprint density at radius 1 is 1.37 bits per heavy atom. The molecule has 0 fully saturated rings. The highest BCUT2D eigenvalue weighted by atomic mass is 35.5. The van der Waals surface area contributed by atoms with Gasteiger partial charge in [-0.25, -0.2) is 0 Å². The third-order valence-corrected chi connectivity index (χ3v) is 3.33. The summed E-state index contributed by atoms with van der Waals surface area (Å²) in [5, 5.41) is 9.92. The standard InChI is InChI=1S/C15H22ClNO2/c1-12(18)10-11-17(2)15(19)5-3-4-13-6-8-14(16)9-7-13/h6-9,12,18H,3-5,10-11H2,1-2H3. The second-order valence-electron chi connectivity index (χ2n) is 4.93. The van der Waals surface area contributed by atoms with Crippen LogP contribution in [0.4, 0.5) is 0 Å². The average Bonchev–Trinajstić information content (AvgIpc) is 2.38. The number of benzene rings is 1. The quantitative estimate of drug-likeness (QED) is 0.836. The largest absolute Gasteiger partial charge is 0.393 e. The van der Waals surface area contributed by atoms with E-state index in [1.807, 2.05) is 24.3 Å². The van der Waals surface area contributed by atoms with Gasteiger partial charge in [0.05, 0.1) is 6.10 Å². The van der Waals surface area contributed by atoms with Gasteiger partial charge >= 0.3 is 0 Å². The molecule has 19 heavy (non-hydrogen) atoms. The molecule has 0 aliphatic rings. The molecule has 0 heterocycles. The highest BCUT2D eigenvalue weighted by molar-refractivity contribution is 6.30. The number of hydrogen-bond donors (Lipinski definition) is 1. The van der Waals surface area contributed by atoms with E-state index in [0.29, 0.717) is 19.4 Å². The monoisotopic (exact) mass is 283 g/mol. The Morgan fingerprint density at radius 3 is 2.58 bits per heavy atom. The lowest BCUT2D eigenvalue weighted by molar-refractivity contribution is -0.130. The molecule has 0 bridgehead atoms. The summed E-state index contributed by atoms with van der Waals surface area (Å²) in [5.74, 6) is 0.134. The molecule has 1 rings (SSSR count). The first-order chi connectivity index (χ1) is 8.99. The minimum Gasteiger partial charge on any atom is -0.393 e. The maximum atomic E-state index is 11.8. The van der Waals surface area contributed by atoms with Gasteiger partial charge < -0.3 is 10.0 Å². The predicted molar refractivity (Wildman–Crippen MR) is 78.3 cm³/mol. The molecule has 1 unspecified atom stereocenters. The van der Waals surface area contributed by atoms with Crippen LogP contribution in [0.5, 0.6) is 0 Å². The van der Waals surface area contributed by atoms with Crippen molar-refractivity contribution in [3.8, 4) is 0 Å². The van der Waals surface area contributed by atoms with Crippen molar-refractivity contribution < 1.29 is 9.90 Å². The molecule has 3 nitrogen and oxygen atoms in total. The van der Waals surface area contributed by atoms with Crippen molar-refractivity contribution >= 4 is 17.5 Å². The first-order valence-corrected chi connectivity index (χ1v) is 7.03. The van der Waals surface area contributed by atoms with Crippen molar-refractivity contribution in [1.29, 1.82) is 0 Å². The van der Waals surface area contributed by atoms with E-state index < -0.39 is 0 Å². The minimum absolute atomic E-state index is 0.134. The van der Waals surface area contributed by atoms with Crippen molar-refractivity contribution in [2.45, 2.75) is 38.7 Å². The molecule has 1 N–H and O–H groups in total. The van der Waals surface area contributed by atoms with Crippen LogP contribution in [0.15, 0.2) is 24.3 Å². The Bertz CT molecular complexity index is 390. The maximum Gasteiger partial charge on any atom is 0.222 e. The van der Waals surface area contributed by atoms with Crippen LogP contribution >= 0.6 is 11.6 Å². The average molecular weight is 284 g/mol. The number of aliphatic hydroxyl groups is 1. The molecular formula is C15H22ClNO2. The molecule has 1 amide bonds. The fourth-order valence-electron chi connectivity index (χ4n) is 1.79. The van der Waals surface area contributed by atoms with E-state index in [1.54, 1.807) is 18.9 Å². The van der Waals surface area contributed by atoms with E-state index in [4.69, 9.17) is 11.6 Å². The van der Waals surface area contributed by atoms with Crippen molar-refractivity contribution in [1.82, 2.24) is 4.90 Å². The maximum absolute atomic E-state index is 11.8. The summed E-state index contributed by atoms with van der Waals surface area (Å²) in [6, 6.07) is 7.72. The Kier molecular flexibility index (Phi) is 6.89. The third kappa shape index (κ3) is 6.60. The summed E-state index contributed by atoms with van der Waals surface area (Å²) >= 11 is 5.82. The van der Waals surface area contributed by atoms with Crippen LogP contribution in [0.3, 0.4) is 0 Å². The second kappa shape index (κ2) is 8.18. The molecular weight excluding hydrogens is 262 g/mol. The Morgan fingerprint density at radius 2 is 2.00 bits per heavy atom. The van der Waals surface area contributed by atoms with Crippen LogP contribution in [0.2, 0.25) is 5.02 Å². The zero-order chi connectivity index (χ0) is 14.3. The lowest BCUT2D eigenvalue weighted by Gasteiger charge is -2.17. The number of halogens is 1. The first kappa shape index (κ1) is 16.0. The SMILES string of the molecule is CC(O)CCN(C)C(=O)CCCc1ccc(Cl)cc1. The van der Waals surface area contributed by atoms with Gasteiger partial charge in [0.25, 0.3) is 0 Å². The van der Waals surface area contributed by atoms with Gasteiger partial charge in [0.1, 0.15) is 0 Å². The molecule has 106 valence electrons. The number of aliphatic hydroxyl groups excluding tert-OH is 1. The topological polar surface area (TPSA) is 40.5 Å². The zero-order valence-electron chi connectivity index (χ0n) is 11.6. The van der Waals surface area contributed by atoms with Gasteiger partial charge in [-0.2, -0.15) is 0 Å². The van der Waals surface area contributed by atoms with Crippen LogP contribution in [0.1, 0.15) is 31.7 Å². The first-order valence-electron chi connectivity index (χ1n) is 6.65. The van der Waals surface area contributed by atoms with Gasteiger partial charge in [-0.1, -0.05) is 23.7 Å². The lowest BCUT2D eigenvalue weighted by atomic mass is 10.1.